The van der Waals surface area contributed by atoms with E-state index < -0.39 is 43.0 Å². The van der Waals surface area contributed by atoms with Gasteiger partial charge in [0, 0.05) is 11.9 Å². The van der Waals surface area contributed by atoms with Crippen LogP contribution in [-0.4, -0.2) is 74.8 Å². The van der Waals surface area contributed by atoms with Crippen LogP contribution < -0.4 is 10.2 Å². The molecule has 0 aliphatic carbocycles. The van der Waals surface area contributed by atoms with Crippen molar-refractivity contribution in [1.82, 2.24) is 0 Å². The van der Waals surface area contributed by atoms with Crippen molar-refractivity contribution in [3.8, 4) is 0 Å². The molecule has 0 aromatic carbocycles. The van der Waals surface area contributed by atoms with Crippen molar-refractivity contribution in [3.63, 3.8) is 0 Å². The number of carboxylic acid groups (broad SMARTS) is 2. The van der Waals surface area contributed by atoms with Gasteiger partial charge in [0.2, 0.25) is 0 Å². The molecule has 0 aliphatic rings. The Kier molecular flexibility index (Phi) is 22.8. The van der Waals surface area contributed by atoms with E-state index in [9.17, 15) is 4.79 Å². The van der Waals surface area contributed by atoms with E-state index in [4.69, 9.17) is 45.3 Å². The number of carbonyl (C=O) groups is 3. The first-order chi connectivity index (χ1) is 9.00. The number of aliphatic hydroxyl groups excluding tert-OH is 5. The summed E-state index contributed by atoms with van der Waals surface area (Å²) in [6.07, 6.45) is -6.84. The standard InChI is InChI=1S/C6H12O6.2C2H4O2.Cu/c7-1-3(9)5(11)6(12)4(10)2-8;2*1-2(3)4;/h1,3-6,8-12H,2H2;2*1H3,(H,3,4);/q;;;+2/p-2. The Labute approximate surface area is 131 Å². The predicted octanol–water partition coefficient (Wildman–Crippen LogP) is -5.87. The van der Waals surface area contributed by atoms with Gasteiger partial charge >= 0.3 is 17.1 Å². The molecule has 129 valence electrons. The average Bonchev–Trinajstić information content (AvgIpc) is 2.33. The number of hydrogen-bond donors (Lipinski definition) is 5. The molecule has 21 heavy (non-hydrogen) atoms. The van der Waals surface area contributed by atoms with Crippen molar-refractivity contribution in [2.24, 2.45) is 0 Å². The van der Waals surface area contributed by atoms with Gasteiger partial charge in [-0.05, 0) is 13.8 Å². The second-order valence-electron chi connectivity index (χ2n) is 3.34. The average molecular weight is 362 g/mol. The predicted molar refractivity (Wildman–Crippen MR) is 58.5 cm³/mol. The SMILES string of the molecule is CC(=O)[O-].CC(=O)[O-].O=CC(O)C(O)C(O)C(O)CO.[Cu+2]. The van der Waals surface area contributed by atoms with Crippen molar-refractivity contribution >= 4 is 18.2 Å². The zero-order valence-corrected chi connectivity index (χ0v) is 12.1. The monoisotopic (exact) mass is 361 g/mol. The Morgan fingerprint density at radius 2 is 1.29 bits per heavy atom. The minimum Gasteiger partial charge on any atom is -0.550 e. The number of hydrogen-bond acceptors (Lipinski definition) is 10. The fraction of sp³-hybridized carbons (Fsp3) is 0.700. The summed E-state index contributed by atoms with van der Waals surface area (Å²) in [5.74, 6) is -2.17. The summed E-state index contributed by atoms with van der Waals surface area (Å²) in [6, 6.07) is 0. The third kappa shape index (κ3) is 24.3. The molecule has 0 aromatic heterocycles. The van der Waals surface area contributed by atoms with Crippen molar-refractivity contribution in [3.05, 3.63) is 0 Å². The molecule has 0 saturated carbocycles. The van der Waals surface area contributed by atoms with Gasteiger partial charge in [-0.15, -0.1) is 0 Å². The summed E-state index contributed by atoms with van der Waals surface area (Å²) < 4.78 is 0. The molecule has 0 heterocycles. The molecule has 0 amide bonds. The molecule has 0 spiro atoms. The zero-order chi connectivity index (χ0) is 16.9. The second-order valence-corrected chi connectivity index (χ2v) is 3.34. The molecular weight excluding hydrogens is 344 g/mol. The maximum Gasteiger partial charge on any atom is 2.00 e. The van der Waals surface area contributed by atoms with Crippen molar-refractivity contribution < 1.29 is 67.2 Å². The summed E-state index contributed by atoms with van der Waals surface area (Å²) in [6.45, 7) is 1.18. The maximum absolute atomic E-state index is 9.90. The summed E-state index contributed by atoms with van der Waals surface area (Å²) in [5, 5.41) is 61.3. The largest absolute Gasteiger partial charge is 2.00 e. The van der Waals surface area contributed by atoms with Crippen LogP contribution >= 0.6 is 0 Å². The van der Waals surface area contributed by atoms with Crippen LogP contribution in [0, 0.1) is 0 Å². The number of aldehydes is 1. The molecular formula is C10H18CuO10. The number of carbonyl (C=O) groups excluding carboxylic acids is 3. The summed E-state index contributed by atoms with van der Waals surface area (Å²) in [4.78, 5) is 27.7. The molecule has 0 aromatic rings. The van der Waals surface area contributed by atoms with Gasteiger partial charge in [0.25, 0.3) is 0 Å². The van der Waals surface area contributed by atoms with Crippen molar-refractivity contribution in [2.45, 2.75) is 38.3 Å². The fourth-order valence-corrected chi connectivity index (χ4v) is 0.618. The van der Waals surface area contributed by atoms with Crippen LogP contribution in [0.5, 0.6) is 0 Å². The van der Waals surface area contributed by atoms with Crippen LogP contribution in [-0.2, 0) is 31.5 Å². The van der Waals surface area contributed by atoms with E-state index in [-0.39, 0.29) is 23.4 Å². The second kappa shape index (κ2) is 17.0. The van der Waals surface area contributed by atoms with Gasteiger partial charge in [0.15, 0.2) is 6.29 Å². The minimum atomic E-state index is -1.79. The van der Waals surface area contributed by atoms with Gasteiger partial charge in [-0.2, -0.15) is 0 Å². The van der Waals surface area contributed by atoms with E-state index in [2.05, 4.69) is 0 Å². The number of rotatable bonds is 5. The molecule has 0 fully saturated rings. The molecule has 1 radical (unpaired) electrons. The Bertz CT molecular complexity index is 265. The number of aliphatic hydroxyl groups is 5. The van der Waals surface area contributed by atoms with E-state index in [1.165, 1.54) is 0 Å². The third-order valence-electron chi connectivity index (χ3n) is 1.42. The number of carboxylic acids is 2. The molecule has 4 unspecified atom stereocenters. The summed E-state index contributed by atoms with van der Waals surface area (Å²) in [7, 11) is 0. The quantitative estimate of drug-likeness (QED) is 0.232. The summed E-state index contributed by atoms with van der Waals surface area (Å²) >= 11 is 0. The normalized spacial score (nSPS) is 14.4. The van der Waals surface area contributed by atoms with E-state index in [1.54, 1.807) is 0 Å². The molecule has 11 heteroatoms. The van der Waals surface area contributed by atoms with Crippen LogP contribution in [0.3, 0.4) is 0 Å². The molecule has 0 bridgehead atoms. The Morgan fingerprint density at radius 1 is 1.00 bits per heavy atom. The molecule has 5 N–H and O–H groups in total. The Hall–Kier alpha value is -1.07. The fourth-order valence-electron chi connectivity index (χ4n) is 0.618. The molecule has 4 atom stereocenters. The van der Waals surface area contributed by atoms with Gasteiger partial charge < -0.3 is 50.1 Å². The van der Waals surface area contributed by atoms with Gasteiger partial charge in [-0.3, -0.25) is 0 Å². The van der Waals surface area contributed by atoms with Crippen LogP contribution in [0.25, 0.3) is 0 Å². The first-order valence-electron chi connectivity index (χ1n) is 5.14. The van der Waals surface area contributed by atoms with E-state index in [0.29, 0.717) is 0 Å². The van der Waals surface area contributed by atoms with E-state index >= 15 is 0 Å². The van der Waals surface area contributed by atoms with Gasteiger partial charge in [-0.1, -0.05) is 0 Å². The zero-order valence-electron chi connectivity index (χ0n) is 11.2. The van der Waals surface area contributed by atoms with Crippen molar-refractivity contribution in [2.75, 3.05) is 6.61 Å². The van der Waals surface area contributed by atoms with Gasteiger partial charge in [0.05, 0.1) is 6.61 Å². The minimum absolute atomic E-state index is 0. The molecule has 0 aliphatic heterocycles. The summed E-state index contributed by atoms with van der Waals surface area (Å²) in [5.41, 5.74) is 0. The van der Waals surface area contributed by atoms with Crippen LogP contribution in [0.1, 0.15) is 13.8 Å². The molecule has 0 rings (SSSR count). The van der Waals surface area contributed by atoms with Crippen molar-refractivity contribution in [1.29, 1.82) is 0 Å². The first-order valence-corrected chi connectivity index (χ1v) is 5.14. The van der Waals surface area contributed by atoms with Gasteiger partial charge in [0.1, 0.15) is 24.4 Å². The topological polar surface area (TPSA) is 198 Å². The van der Waals surface area contributed by atoms with Crippen LogP contribution in [0.15, 0.2) is 0 Å². The Morgan fingerprint density at radius 3 is 1.48 bits per heavy atom. The molecule has 0 saturated heterocycles. The smallest absolute Gasteiger partial charge is 0.550 e. The third-order valence-corrected chi connectivity index (χ3v) is 1.42. The Balaban J connectivity index is -0.000000134. The van der Waals surface area contributed by atoms with E-state index in [1.807, 2.05) is 0 Å². The number of aliphatic carboxylic acids is 2. The van der Waals surface area contributed by atoms with E-state index in [0.717, 1.165) is 13.8 Å². The van der Waals surface area contributed by atoms with Crippen LogP contribution in [0.4, 0.5) is 0 Å². The molecule has 10 nitrogen and oxygen atoms in total. The van der Waals surface area contributed by atoms with Gasteiger partial charge in [-0.25, -0.2) is 0 Å². The maximum atomic E-state index is 9.90. The van der Waals surface area contributed by atoms with Crippen LogP contribution in [0.2, 0.25) is 0 Å². The first kappa shape index (κ1) is 28.1.